The van der Waals surface area contributed by atoms with Crippen molar-refractivity contribution in [3.8, 4) is 0 Å². The number of nitrogens with one attached hydrogen (secondary N) is 1. The Hall–Kier alpha value is -2.41. The fraction of sp³-hybridized carbons (Fsp3) is 0.476. The van der Waals surface area contributed by atoms with Crippen LogP contribution in [0.15, 0.2) is 29.6 Å². The minimum atomic E-state index is -0.0934. The van der Waals surface area contributed by atoms with Crippen molar-refractivity contribution >= 4 is 39.7 Å². The molecule has 4 rings (SSSR count). The first-order valence-electron chi connectivity index (χ1n) is 9.98. The van der Waals surface area contributed by atoms with Crippen LogP contribution in [0, 0.1) is 5.92 Å². The Bertz CT molecular complexity index is 840. The van der Waals surface area contributed by atoms with Crippen molar-refractivity contribution in [1.82, 2.24) is 4.98 Å². The molecule has 148 valence electrons. The van der Waals surface area contributed by atoms with Crippen molar-refractivity contribution in [2.45, 2.75) is 39.0 Å². The molecular formula is C21H26N4O2S. The van der Waals surface area contributed by atoms with Crippen molar-refractivity contribution < 1.29 is 9.59 Å². The Labute approximate surface area is 169 Å². The van der Waals surface area contributed by atoms with Gasteiger partial charge in [-0.1, -0.05) is 6.92 Å². The molecule has 0 spiro atoms. The number of anilines is 3. The van der Waals surface area contributed by atoms with Gasteiger partial charge in [-0.3, -0.25) is 14.5 Å². The molecule has 6 nitrogen and oxygen atoms in total. The van der Waals surface area contributed by atoms with E-state index in [9.17, 15) is 9.59 Å². The molecule has 1 N–H and O–H groups in total. The maximum atomic E-state index is 12.4. The van der Waals surface area contributed by atoms with E-state index in [4.69, 9.17) is 0 Å². The van der Waals surface area contributed by atoms with Crippen LogP contribution in [0.5, 0.6) is 0 Å². The van der Waals surface area contributed by atoms with Gasteiger partial charge >= 0.3 is 0 Å². The minimum absolute atomic E-state index is 0.0934. The second-order valence-electron chi connectivity index (χ2n) is 7.71. The van der Waals surface area contributed by atoms with Crippen LogP contribution >= 0.6 is 11.3 Å². The zero-order chi connectivity index (χ0) is 19.5. The third-order valence-corrected chi connectivity index (χ3v) is 6.40. The number of hydrogen-bond acceptors (Lipinski definition) is 5. The number of thiazole rings is 1. The molecule has 2 fully saturated rings. The highest BCUT2D eigenvalue weighted by molar-refractivity contribution is 7.14. The smallest absolute Gasteiger partial charge is 0.230 e. The van der Waals surface area contributed by atoms with E-state index >= 15 is 0 Å². The van der Waals surface area contributed by atoms with Crippen LogP contribution in [0.4, 0.5) is 16.5 Å². The molecule has 2 amide bonds. The lowest BCUT2D eigenvalue weighted by Crippen LogP contribution is -2.32. The quantitative estimate of drug-likeness (QED) is 0.834. The van der Waals surface area contributed by atoms with Gasteiger partial charge in [-0.2, -0.15) is 0 Å². The second kappa shape index (κ2) is 8.31. The second-order valence-corrected chi connectivity index (χ2v) is 8.55. The monoisotopic (exact) mass is 398 g/mol. The topological polar surface area (TPSA) is 65.5 Å². The van der Waals surface area contributed by atoms with Crippen LogP contribution in [0.25, 0.3) is 0 Å². The zero-order valence-electron chi connectivity index (χ0n) is 16.2. The molecule has 0 saturated carbocycles. The molecule has 28 heavy (non-hydrogen) atoms. The molecule has 0 bridgehead atoms. The van der Waals surface area contributed by atoms with Crippen molar-refractivity contribution in [3.63, 3.8) is 0 Å². The zero-order valence-corrected chi connectivity index (χ0v) is 17.0. The molecule has 2 aliphatic rings. The molecule has 0 unspecified atom stereocenters. The van der Waals surface area contributed by atoms with Gasteiger partial charge in [-0.25, -0.2) is 4.98 Å². The highest BCUT2D eigenvalue weighted by atomic mass is 32.1. The van der Waals surface area contributed by atoms with E-state index in [2.05, 4.69) is 34.3 Å². The summed E-state index contributed by atoms with van der Waals surface area (Å²) in [5, 5.41) is 5.50. The lowest BCUT2D eigenvalue weighted by atomic mass is 9.99. The number of hydrogen-bond donors (Lipinski definition) is 1. The number of carbonyl (C=O) groups excluding carboxylic acids is 2. The van der Waals surface area contributed by atoms with Gasteiger partial charge in [0.15, 0.2) is 5.13 Å². The number of aromatic nitrogens is 1. The van der Waals surface area contributed by atoms with Gasteiger partial charge in [0, 0.05) is 42.8 Å². The van der Waals surface area contributed by atoms with Gasteiger partial charge < -0.3 is 10.2 Å². The summed E-state index contributed by atoms with van der Waals surface area (Å²) in [6.07, 6.45) is 4.14. The van der Waals surface area contributed by atoms with E-state index in [0.29, 0.717) is 17.2 Å². The average Bonchev–Trinajstić information content (AvgIpc) is 3.31. The first kappa shape index (κ1) is 18.9. The van der Waals surface area contributed by atoms with E-state index < -0.39 is 0 Å². The number of carbonyl (C=O) groups is 2. The Balaban J connectivity index is 1.31. The summed E-state index contributed by atoms with van der Waals surface area (Å²) >= 11 is 1.43. The van der Waals surface area contributed by atoms with Crippen LogP contribution in [0.3, 0.4) is 0 Å². The van der Waals surface area contributed by atoms with Gasteiger partial charge in [0.1, 0.15) is 0 Å². The van der Waals surface area contributed by atoms with E-state index in [1.807, 2.05) is 17.5 Å². The molecule has 0 aliphatic carbocycles. The maximum Gasteiger partial charge on any atom is 0.230 e. The highest BCUT2D eigenvalue weighted by Gasteiger charge is 2.24. The summed E-state index contributed by atoms with van der Waals surface area (Å²) < 4.78 is 0. The number of nitrogens with zero attached hydrogens (tertiary/aromatic N) is 3. The van der Waals surface area contributed by atoms with Gasteiger partial charge in [-0.15, -0.1) is 11.3 Å². The number of amides is 2. The Morgan fingerprint density at radius 1 is 1.21 bits per heavy atom. The molecular weight excluding hydrogens is 372 g/mol. The van der Waals surface area contributed by atoms with E-state index in [0.717, 1.165) is 37.7 Å². The molecule has 2 aliphatic heterocycles. The molecule has 7 heteroatoms. The van der Waals surface area contributed by atoms with Gasteiger partial charge in [0.25, 0.3) is 0 Å². The van der Waals surface area contributed by atoms with E-state index in [1.165, 1.54) is 29.9 Å². The molecule has 1 aromatic heterocycles. The minimum Gasteiger partial charge on any atom is -0.372 e. The van der Waals surface area contributed by atoms with Crippen LogP contribution in [-0.4, -0.2) is 36.4 Å². The summed E-state index contributed by atoms with van der Waals surface area (Å²) in [6, 6.07) is 8.07. The van der Waals surface area contributed by atoms with Gasteiger partial charge in [0.05, 0.1) is 12.1 Å². The first-order chi connectivity index (χ1) is 13.6. The molecule has 2 aromatic rings. The highest BCUT2D eigenvalue weighted by Crippen LogP contribution is 2.26. The average molecular weight is 399 g/mol. The number of piperidine rings is 1. The van der Waals surface area contributed by atoms with Gasteiger partial charge in [-0.05, 0) is 49.4 Å². The number of benzene rings is 1. The fourth-order valence-electron chi connectivity index (χ4n) is 3.74. The van der Waals surface area contributed by atoms with Crippen LogP contribution in [-0.2, 0) is 16.0 Å². The van der Waals surface area contributed by atoms with E-state index in [1.54, 1.807) is 4.90 Å². The SMILES string of the molecule is CC1CCN(c2ccc(NC(=O)Cc3csc(N4CCCC4=O)n3)cc2)CC1. The Morgan fingerprint density at radius 2 is 1.96 bits per heavy atom. The van der Waals surface area contributed by atoms with Crippen LogP contribution in [0.1, 0.15) is 38.3 Å². The summed E-state index contributed by atoms with van der Waals surface area (Å²) in [7, 11) is 0. The Morgan fingerprint density at radius 3 is 2.64 bits per heavy atom. The standard InChI is InChI=1S/C21H26N4O2S/c1-15-8-11-24(12-9-15)18-6-4-16(5-7-18)22-19(26)13-17-14-28-21(23-17)25-10-2-3-20(25)27/h4-7,14-15H,2-3,8-13H2,1H3,(H,22,26). The van der Waals surface area contributed by atoms with Crippen molar-refractivity contribution in [3.05, 3.63) is 35.3 Å². The molecule has 3 heterocycles. The van der Waals surface area contributed by atoms with Crippen LogP contribution in [0.2, 0.25) is 0 Å². The van der Waals surface area contributed by atoms with E-state index in [-0.39, 0.29) is 18.2 Å². The predicted molar refractivity (Wildman–Crippen MR) is 113 cm³/mol. The predicted octanol–water partition coefficient (Wildman–Crippen LogP) is 3.69. The molecule has 1 aromatic carbocycles. The summed E-state index contributed by atoms with van der Waals surface area (Å²) in [5.74, 6) is 0.836. The maximum absolute atomic E-state index is 12.4. The van der Waals surface area contributed by atoms with Gasteiger partial charge in [0.2, 0.25) is 11.8 Å². The number of rotatable bonds is 5. The largest absolute Gasteiger partial charge is 0.372 e. The summed E-state index contributed by atoms with van der Waals surface area (Å²) in [6.45, 7) is 5.22. The summed E-state index contributed by atoms with van der Waals surface area (Å²) in [5.41, 5.74) is 2.71. The normalized spacial score (nSPS) is 18.0. The van der Waals surface area contributed by atoms with Crippen molar-refractivity contribution in [1.29, 1.82) is 0 Å². The van der Waals surface area contributed by atoms with Crippen molar-refractivity contribution in [2.24, 2.45) is 5.92 Å². The first-order valence-corrected chi connectivity index (χ1v) is 10.9. The molecule has 2 saturated heterocycles. The Kier molecular flexibility index (Phi) is 5.62. The van der Waals surface area contributed by atoms with Crippen molar-refractivity contribution in [2.75, 3.05) is 34.8 Å². The van der Waals surface area contributed by atoms with Crippen LogP contribution < -0.4 is 15.1 Å². The lowest BCUT2D eigenvalue weighted by Gasteiger charge is -2.32. The third-order valence-electron chi connectivity index (χ3n) is 5.49. The molecule has 0 atom stereocenters. The molecule has 0 radical (unpaired) electrons. The fourth-order valence-corrected chi connectivity index (χ4v) is 4.61. The lowest BCUT2D eigenvalue weighted by molar-refractivity contribution is -0.117. The third kappa shape index (κ3) is 4.35. The summed E-state index contributed by atoms with van der Waals surface area (Å²) in [4.78, 5) is 32.8.